The van der Waals surface area contributed by atoms with Crippen molar-refractivity contribution in [3.05, 3.63) is 76.0 Å². The van der Waals surface area contributed by atoms with Gasteiger partial charge < -0.3 is 15.0 Å². The normalized spacial score (nSPS) is 16.3. The highest BCUT2D eigenvalue weighted by Gasteiger charge is 2.47. The van der Waals surface area contributed by atoms with Gasteiger partial charge in [0.05, 0.1) is 57.7 Å². The second kappa shape index (κ2) is 10.8. The minimum atomic E-state index is -4.64. The van der Waals surface area contributed by atoms with Crippen molar-refractivity contribution in [2.24, 2.45) is 11.5 Å². The zero-order valence-electron chi connectivity index (χ0n) is 22.3. The van der Waals surface area contributed by atoms with Gasteiger partial charge in [0.25, 0.3) is 0 Å². The van der Waals surface area contributed by atoms with Crippen molar-refractivity contribution in [3.63, 3.8) is 0 Å². The van der Waals surface area contributed by atoms with Crippen LogP contribution < -0.4 is 11.5 Å². The lowest BCUT2D eigenvalue weighted by Gasteiger charge is -2.34. The molecule has 0 bridgehead atoms. The summed E-state index contributed by atoms with van der Waals surface area (Å²) in [6.07, 6.45) is -4.17. The van der Waals surface area contributed by atoms with E-state index in [0.717, 1.165) is 28.7 Å². The van der Waals surface area contributed by atoms with Crippen LogP contribution in [-0.4, -0.2) is 66.7 Å². The third-order valence-electron chi connectivity index (χ3n) is 6.43. The molecule has 1 atom stereocenters. The molecule has 1 heterocycles. The molecule has 9 nitrogen and oxygen atoms in total. The number of nitrogens with zero attached hydrogens (tertiary/aromatic N) is 4. The van der Waals surface area contributed by atoms with Crippen molar-refractivity contribution < 1.29 is 36.6 Å². The van der Waals surface area contributed by atoms with Crippen LogP contribution in [0.2, 0.25) is 0 Å². The summed E-state index contributed by atoms with van der Waals surface area (Å²) in [5, 5.41) is 9.50. The fourth-order valence-corrected chi connectivity index (χ4v) is 4.52. The maximum atomic E-state index is 13.5. The zero-order valence-corrected chi connectivity index (χ0v) is 22.3. The van der Waals surface area contributed by atoms with E-state index in [2.05, 4.69) is 6.07 Å². The number of ether oxygens (including phenoxy) is 1. The monoisotopic (exact) mass is 544 g/mol. The first-order valence-electron chi connectivity index (χ1n) is 11.9. The number of rotatable bonds is 6. The Morgan fingerprint density at radius 2 is 1.85 bits per heavy atom. The number of quaternary nitrogens is 1. The van der Waals surface area contributed by atoms with Gasteiger partial charge in [0, 0.05) is 6.42 Å². The molecule has 0 unspecified atom stereocenters. The molecular formula is C27H31F3N6O3+2. The van der Waals surface area contributed by atoms with E-state index < -0.39 is 29.8 Å². The van der Waals surface area contributed by atoms with Gasteiger partial charge >= 0.3 is 24.1 Å². The highest BCUT2D eigenvalue weighted by atomic mass is 19.4. The molecule has 39 heavy (non-hydrogen) atoms. The standard InChI is InChI=1S/C27H29F3N6O3/c1-16-22(24(37)39-5)23(21-10-9-17(15-31)13-18(21)11-12-36(2,3)4)35(26(33)38)25(32)34(16)20-8-6-7-19(14-20)27(28,29)30/h6-10,13-14,23,32H,11-12H2,1-5H3,(H-,33,38)/p+2/t23-/m1/s1. The first kappa shape index (κ1) is 29.2. The number of esters is 1. The van der Waals surface area contributed by atoms with Crippen LogP contribution in [0.15, 0.2) is 53.7 Å². The van der Waals surface area contributed by atoms with Crippen molar-refractivity contribution >= 4 is 23.6 Å². The maximum Gasteiger partial charge on any atom is 0.416 e. The number of carbonyl (C=O) groups excluding carboxylic acids is 2. The smallest absolute Gasteiger partial charge is 0.416 e. The Kier molecular flexibility index (Phi) is 8.07. The van der Waals surface area contributed by atoms with Gasteiger partial charge in [-0.05, 0) is 48.4 Å². The highest BCUT2D eigenvalue weighted by molar-refractivity contribution is 5.99. The van der Waals surface area contributed by atoms with Gasteiger partial charge in [-0.25, -0.2) is 14.2 Å². The fraction of sp³-hybridized carbons (Fsp3) is 0.333. The second-order valence-electron chi connectivity index (χ2n) is 10.1. The van der Waals surface area contributed by atoms with E-state index in [1.165, 1.54) is 19.1 Å². The predicted molar refractivity (Wildman–Crippen MR) is 137 cm³/mol. The lowest BCUT2D eigenvalue weighted by atomic mass is 9.88. The molecule has 0 spiro atoms. The van der Waals surface area contributed by atoms with Gasteiger partial charge in [0.2, 0.25) is 0 Å². The SMILES string of the molecule is COC(=O)C1=C(C)[N+](c2cccc(C(F)(F)F)c2)=C(N)N(C(N)=O)[C@@H]1c1ccc(C#N)cc1CC[N+](C)(C)C. The Balaban J connectivity index is 2.35. The Bertz CT molecular complexity index is 1420. The number of alkyl halides is 3. The largest absolute Gasteiger partial charge is 0.465 e. The van der Waals surface area contributed by atoms with Crippen LogP contribution in [0, 0.1) is 11.3 Å². The molecule has 3 rings (SSSR count). The van der Waals surface area contributed by atoms with Crippen LogP contribution in [0.3, 0.4) is 0 Å². The maximum absolute atomic E-state index is 13.5. The Morgan fingerprint density at radius 1 is 1.18 bits per heavy atom. The molecule has 206 valence electrons. The van der Waals surface area contributed by atoms with Crippen molar-refractivity contribution in [1.29, 1.82) is 5.26 Å². The fourth-order valence-electron chi connectivity index (χ4n) is 4.52. The lowest BCUT2D eigenvalue weighted by molar-refractivity contribution is -0.870. The first-order chi connectivity index (χ1) is 18.1. The van der Waals surface area contributed by atoms with Gasteiger partial charge in [0.15, 0.2) is 0 Å². The van der Waals surface area contributed by atoms with Gasteiger partial charge in [-0.1, -0.05) is 12.1 Å². The molecule has 2 aromatic carbocycles. The molecule has 12 heteroatoms. The van der Waals surface area contributed by atoms with Crippen molar-refractivity contribution in [3.8, 4) is 6.07 Å². The van der Waals surface area contributed by atoms with Crippen LogP contribution >= 0.6 is 0 Å². The number of methoxy groups -OCH3 is 1. The number of carbonyl (C=O) groups is 2. The van der Waals surface area contributed by atoms with Gasteiger partial charge in [-0.2, -0.15) is 23.3 Å². The van der Waals surface area contributed by atoms with E-state index in [1.807, 2.05) is 21.1 Å². The number of allylic oxidation sites excluding steroid dienone is 1. The average molecular weight is 545 g/mol. The molecule has 1 aliphatic heterocycles. The zero-order chi connectivity index (χ0) is 29.3. The molecule has 2 aromatic rings. The third kappa shape index (κ3) is 6.04. The van der Waals surface area contributed by atoms with Crippen LogP contribution in [-0.2, 0) is 22.1 Å². The van der Waals surface area contributed by atoms with Crippen molar-refractivity contribution in [2.45, 2.75) is 25.6 Å². The molecule has 1 aliphatic rings. The molecule has 0 saturated heterocycles. The number of hydrogen-bond donors (Lipinski definition) is 2. The molecular weight excluding hydrogens is 513 g/mol. The number of primary amides is 1. The third-order valence-corrected chi connectivity index (χ3v) is 6.43. The van der Waals surface area contributed by atoms with Gasteiger partial charge in [-0.15, -0.1) is 0 Å². The second-order valence-corrected chi connectivity index (χ2v) is 10.1. The van der Waals surface area contributed by atoms with E-state index in [1.54, 1.807) is 18.2 Å². The molecule has 2 amide bonds. The number of nitriles is 1. The number of hydrogen-bond acceptors (Lipinski definition) is 5. The summed E-state index contributed by atoms with van der Waals surface area (Å²) in [6.45, 7) is 2.15. The van der Waals surface area contributed by atoms with Crippen LogP contribution in [0.25, 0.3) is 0 Å². The molecule has 0 aromatic heterocycles. The van der Waals surface area contributed by atoms with Crippen molar-refractivity contribution in [1.82, 2.24) is 4.90 Å². The highest BCUT2D eigenvalue weighted by Crippen LogP contribution is 2.40. The van der Waals surface area contributed by atoms with E-state index in [-0.39, 0.29) is 22.9 Å². The van der Waals surface area contributed by atoms with E-state index in [9.17, 15) is 28.0 Å². The van der Waals surface area contributed by atoms with Gasteiger partial charge in [-0.3, -0.25) is 5.73 Å². The summed E-state index contributed by atoms with van der Waals surface area (Å²) in [5.41, 5.74) is 12.9. The Hall–Kier alpha value is -4.37. The summed E-state index contributed by atoms with van der Waals surface area (Å²) in [5.74, 6) is -1.12. The van der Waals surface area contributed by atoms with E-state index >= 15 is 0 Å². The summed E-state index contributed by atoms with van der Waals surface area (Å²) in [4.78, 5) is 27.1. The predicted octanol–water partition coefficient (Wildman–Crippen LogP) is 3.37. The van der Waals surface area contributed by atoms with E-state index in [0.29, 0.717) is 34.1 Å². The number of likely N-dealkylation sites (N-methyl/N-ethyl adjacent to an activating group) is 1. The molecule has 0 fully saturated rings. The van der Waals surface area contributed by atoms with E-state index in [4.69, 9.17) is 16.2 Å². The molecule has 0 radical (unpaired) electrons. The minimum absolute atomic E-state index is 0.0315. The molecule has 0 saturated carbocycles. The van der Waals surface area contributed by atoms with Crippen LogP contribution in [0.4, 0.5) is 23.7 Å². The van der Waals surface area contributed by atoms with Crippen molar-refractivity contribution in [2.75, 3.05) is 34.8 Å². The topological polar surface area (TPSA) is 125 Å². The molecule has 4 N–H and O–H groups in total. The molecule has 0 aliphatic carbocycles. The number of benzene rings is 2. The summed E-state index contributed by atoms with van der Waals surface area (Å²) in [7, 11) is 7.13. The number of guanidine groups is 1. The lowest BCUT2D eigenvalue weighted by Crippen LogP contribution is -2.54. The Morgan fingerprint density at radius 3 is 2.38 bits per heavy atom. The summed E-state index contributed by atoms with van der Waals surface area (Å²) >= 11 is 0. The number of nitrogens with two attached hydrogens (primary N) is 2. The number of amides is 2. The summed E-state index contributed by atoms with van der Waals surface area (Å²) < 4.78 is 47.3. The first-order valence-corrected chi connectivity index (χ1v) is 11.9. The van der Waals surface area contributed by atoms with Gasteiger partial charge in [0.1, 0.15) is 17.3 Å². The average Bonchev–Trinajstić information content (AvgIpc) is 2.85. The number of urea groups is 1. The van der Waals surface area contributed by atoms with Crippen LogP contribution in [0.1, 0.15) is 35.2 Å². The van der Waals surface area contributed by atoms with Crippen LogP contribution in [0.5, 0.6) is 0 Å². The number of halogens is 3. The quantitative estimate of drug-likeness (QED) is 0.328. The minimum Gasteiger partial charge on any atom is -0.465 e. The summed E-state index contributed by atoms with van der Waals surface area (Å²) in [6, 6.07) is 9.05. The Labute approximate surface area is 224 Å².